The van der Waals surface area contributed by atoms with Crippen LogP contribution in [0.3, 0.4) is 0 Å². The number of aliphatic hydroxyl groups is 1. The molecular formula is C18H25FIN5O. The minimum atomic E-state index is -0.268. The third-order valence-corrected chi connectivity index (χ3v) is 4.16. The van der Waals surface area contributed by atoms with Gasteiger partial charge in [0.25, 0.3) is 0 Å². The number of rotatable bonds is 5. The van der Waals surface area contributed by atoms with Crippen LogP contribution in [0.1, 0.15) is 19.0 Å². The van der Waals surface area contributed by atoms with Crippen LogP contribution in [-0.4, -0.2) is 58.0 Å². The first-order valence-electron chi connectivity index (χ1n) is 8.67. The van der Waals surface area contributed by atoms with Crippen LogP contribution in [0.5, 0.6) is 0 Å². The second-order valence-corrected chi connectivity index (χ2v) is 6.10. The second-order valence-electron chi connectivity index (χ2n) is 6.10. The summed E-state index contributed by atoms with van der Waals surface area (Å²) < 4.78 is 14.7. The molecule has 6 nitrogen and oxygen atoms in total. The fourth-order valence-electron chi connectivity index (χ4n) is 2.87. The van der Waals surface area contributed by atoms with Gasteiger partial charge < -0.3 is 15.3 Å². The van der Waals surface area contributed by atoms with E-state index in [4.69, 9.17) is 0 Å². The molecule has 8 heteroatoms. The molecule has 1 fully saturated rings. The molecule has 0 spiro atoms. The van der Waals surface area contributed by atoms with Crippen LogP contribution in [0.25, 0.3) is 5.69 Å². The molecule has 26 heavy (non-hydrogen) atoms. The molecule has 142 valence electrons. The van der Waals surface area contributed by atoms with Crippen molar-refractivity contribution in [3.05, 3.63) is 48.0 Å². The normalized spacial score (nSPS) is 17.3. The van der Waals surface area contributed by atoms with Gasteiger partial charge in [0, 0.05) is 38.8 Å². The van der Waals surface area contributed by atoms with E-state index in [1.807, 2.05) is 19.2 Å². The lowest BCUT2D eigenvalue weighted by Crippen LogP contribution is -2.40. The van der Waals surface area contributed by atoms with Crippen molar-refractivity contribution in [1.29, 1.82) is 0 Å². The molecule has 1 aromatic heterocycles. The van der Waals surface area contributed by atoms with Crippen molar-refractivity contribution >= 4 is 29.9 Å². The summed E-state index contributed by atoms with van der Waals surface area (Å²) in [7, 11) is 0. The molecule has 0 radical (unpaired) electrons. The highest BCUT2D eigenvalue weighted by molar-refractivity contribution is 14.0. The average Bonchev–Trinajstić information content (AvgIpc) is 3.24. The van der Waals surface area contributed by atoms with E-state index in [1.54, 1.807) is 16.8 Å². The van der Waals surface area contributed by atoms with Gasteiger partial charge >= 0.3 is 0 Å². The van der Waals surface area contributed by atoms with Gasteiger partial charge in [0.2, 0.25) is 0 Å². The molecule has 1 aromatic carbocycles. The largest absolute Gasteiger partial charge is 0.391 e. The lowest BCUT2D eigenvalue weighted by molar-refractivity contribution is 0.188. The zero-order valence-corrected chi connectivity index (χ0v) is 17.1. The Bertz CT molecular complexity index is 719. The molecule has 2 heterocycles. The predicted octanol–water partition coefficient (Wildman–Crippen LogP) is 2.20. The molecule has 0 amide bonds. The Morgan fingerprint density at radius 3 is 2.77 bits per heavy atom. The minimum Gasteiger partial charge on any atom is -0.391 e. The van der Waals surface area contributed by atoms with Crippen molar-refractivity contribution in [2.45, 2.75) is 25.9 Å². The van der Waals surface area contributed by atoms with Gasteiger partial charge in [-0.25, -0.2) is 9.07 Å². The maximum Gasteiger partial charge on any atom is 0.194 e. The van der Waals surface area contributed by atoms with Crippen molar-refractivity contribution in [1.82, 2.24) is 20.0 Å². The highest BCUT2D eigenvalue weighted by Crippen LogP contribution is 2.10. The number of hydrogen-bond donors (Lipinski definition) is 2. The van der Waals surface area contributed by atoms with Crippen LogP contribution in [0.2, 0.25) is 0 Å². The molecule has 3 rings (SSSR count). The topological polar surface area (TPSA) is 65.7 Å². The summed E-state index contributed by atoms with van der Waals surface area (Å²) in [6.45, 7) is 4.91. The van der Waals surface area contributed by atoms with Crippen molar-refractivity contribution in [2.75, 3.05) is 26.2 Å². The van der Waals surface area contributed by atoms with E-state index in [-0.39, 0.29) is 35.9 Å². The molecule has 0 unspecified atom stereocenters. The molecule has 1 saturated heterocycles. The number of likely N-dealkylation sites (tertiary alicyclic amines) is 1. The van der Waals surface area contributed by atoms with Crippen molar-refractivity contribution in [3.63, 3.8) is 0 Å². The van der Waals surface area contributed by atoms with Crippen LogP contribution in [0, 0.1) is 5.82 Å². The second kappa shape index (κ2) is 9.86. The lowest BCUT2D eigenvalue weighted by atomic mass is 10.3. The van der Waals surface area contributed by atoms with Gasteiger partial charge in [-0.05, 0) is 43.7 Å². The van der Waals surface area contributed by atoms with E-state index in [0.717, 1.165) is 43.3 Å². The van der Waals surface area contributed by atoms with Gasteiger partial charge in [-0.3, -0.25) is 4.99 Å². The standard InChI is InChI=1S/C18H24FN5O.HI/c1-2-20-18(23-11-9-17(25)13-23)21-10-7-15-8-12-24(22-15)16-5-3-14(19)4-6-16;/h3-6,8,12,17,25H,2,7,9-11,13H2,1H3,(H,20,21);1H/t17-;/m1./s1. The summed E-state index contributed by atoms with van der Waals surface area (Å²) in [5, 5.41) is 17.5. The van der Waals surface area contributed by atoms with Gasteiger partial charge in [-0.1, -0.05) is 0 Å². The summed E-state index contributed by atoms with van der Waals surface area (Å²) in [5.74, 6) is 0.588. The molecular weight excluding hydrogens is 448 g/mol. The van der Waals surface area contributed by atoms with Crippen LogP contribution >= 0.6 is 24.0 Å². The maximum absolute atomic E-state index is 13.0. The zero-order valence-electron chi connectivity index (χ0n) is 14.8. The Hall–Kier alpha value is -1.68. The van der Waals surface area contributed by atoms with Crippen LogP contribution in [-0.2, 0) is 6.42 Å². The summed E-state index contributed by atoms with van der Waals surface area (Å²) in [5.41, 5.74) is 1.76. The number of nitrogens with zero attached hydrogens (tertiary/aromatic N) is 4. The average molecular weight is 473 g/mol. The molecule has 0 aliphatic carbocycles. The van der Waals surface area contributed by atoms with Gasteiger partial charge in [-0.15, -0.1) is 24.0 Å². The van der Waals surface area contributed by atoms with Crippen LogP contribution in [0.15, 0.2) is 41.5 Å². The number of aliphatic hydroxyl groups excluding tert-OH is 1. The van der Waals surface area contributed by atoms with Crippen LogP contribution < -0.4 is 5.32 Å². The first-order chi connectivity index (χ1) is 12.2. The molecule has 2 N–H and O–H groups in total. The molecule has 2 aromatic rings. The van der Waals surface area contributed by atoms with E-state index in [0.29, 0.717) is 13.1 Å². The summed E-state index contributed by atoms with van der Waals surface area (Å²) in [6.07, 6.45) is 3.11. The number of benzene rings is 1. The fraction of sp³-hybridized carbons (Fsp3) is 0.444. The third-order valence-electron chi connectivity index (χ3n) is 4.16. The maximum atomic E-state index is 13.0. The number of aliphatic imine (C=N–C) groups is 1. The Balaban J connectivity index is 0.00000243. The van der Waals surface area contributed by atoms with E-state index in [9.17, 15) is 9.50 Å². The molecule has 1 aliphatic heterocycles. The van der Waals surface area contributed by atoms with Gasteiger partial charge in [0.15, 0.2) is 5.96 Å². The quantitative estimate of drug-likeness (QED) is 0.397. The van der Waals surface area contributed by atoms with Crippen LogP contribution in [0.4, 0.5) is 4.39 Å². The van der Waals surface area contributed by atoms with E-state index in [2.05, 4.69) is 20.3 Å². The van der Waals surface area contributed by atoms with Crippen molar-refractivity contribution in [2.24, 2.45) is 4.99 Å². The van der Waals surface area contributed by atoms with Gasteiger partial charge in [-0.2, -0.15) is 5.10 Å². The number of β-amino-alcohol motifs (C(OH)–C–C–N with tert-alkyl or cyclic N) is 1. The molecule has 0 bridgehead atoms. The Morgan fingerprint density at radius 1 is 1.35 bits per heavy atom. The van der Waals surface area contributed by atoms with E-state index in [1.165, 1.54) is 12.1 Å². The number of guanidine groups is 1. The number of halogens is 2. The SMILES string of the molecule is CCNC(=NCCc1ccn(-c2ccc(F)cc2)n1)N1CC[C@@H](O)C1.I. The minimum absolute atomic E-state index is 0. The highest BCUT2D eigenvalue weighted by atomic mass is 127. The molecule has 1 aliphatic rings. The Kier molecular flexibility index (Phi) is 7.83. The first-order valence-corrected chi connectivity index (χ1v) is 8.67. The van der Waals surface area contributed by atoms with Gasteiger partial charge in [0.1, 0.15) is 5.82 Å². The number of nitrogens with one attached hydrogen (secondary N) is 1. The monoisotopic (exact) mass is 473 g/mol. The number of aromatic nitrogens is 2. The lowest BCUT2D eigenvalue weighted by Gasteiger charge is -2.20. The zero-order chi connectivity index (χ0) is 17.6. The molecule has 1 atom stereocenters. The Morgan fingerprint density at radius 2 is 2.12 bits per heavy atom. The predicted molar refractivity (Wildman–Crippen MR) is 111 cm³/mol. The molecule has 0 saturated carbocycles. The summed E-state index contributed by atoms with van der Waals surface area (Å²) in [6, 6.07) is 8.20. The summed E-state index contributed by atoms with van der Waals surface area (Å²) in [4.78, 5) is 6.73. The van der Waals surface area contributed by atoms with Crippen molar-refractivity contribution in [3.8, 4) is 5.69 Å². The van der Waals surface area contributed by atoms with E-state index >= 15 is 0 Å². The third kappa shape index (κ3) is 5.41. The van der Waals surface area contributed by atoms with Gasteiger partial charge in [0.05, 0.1) is 17.5 Å². The number of hydrogen-bond acceptors (Lipinski definition) is 3. The van der Waals surface area contributed by atoms with E-state index < -0.39 is 0 Å². The van der Waals surface area contributed by atoms with Crippen molar-refractivity contribution < 1.29 is 9.50 Å². The fourth-order valence-corrected chi connectivity index (χ4v) is 2.87. The summed E-state index contributed by atoms with van der Waals surface area (Å²) >= 11 is 0. The first kappa shape index (κ1) is 20.6. The Labute approximate surface area is 170 Å². The highest BCUT2D eigenvalue weighted by Gasteiger charge is 2.22. The smallest absolute Gasteiger partial charge is 0.194 e.